The lowest BCUT2D eigenvalue weighted by Crippen LogP contribution is -2.29. The first-order chi connectivity index (χ1) is 10.5. The zero-order valence-corrected chi connectivity index (χ0v) is 9.26. The van der Waals surface area contributed by atoms with Gasteiger partial charge in [-0.2, -0.15) is 0 Å². The van der Waals surface area contributed by atoms with Gasteiger partial charge in [0, 0.05) is 34.4 Å². The van der Waals surface area contributed by atoms with E-state index in [1.54, 1.807) is 18.2 Å². The summed E-state index contributed by atoms with van der Waals surface area (Å²) in [7, 11) is 0. The topological polar surface area (TPSA) is 43.8 Å². The Morgan fingerprint density at radius 1 is 1.53 bits per heavy atom. The van der Waals surface area contributed by atoms with Crippen LogP contribution in [0.2, 0.25) is 0 Å². The highest BCUT2D eigenvalue weighted by atomic mass is 16.4. The molecule has 1 saturated heterocycles. The zero-order chi connectivity index (χ0) is 17.4. The van der Waals surface area contributed by atoms with Gasteiger partial charge in [0.1, 0.15) is 0 Å². The minimum absolute atomic E-state index is 0.0191. The van der Waals surface area contributed by atoms with Crippen LogP contribution >= 0.6 is 0 Å². The second-order valence-electron chi connectivity index (χ2n) is 4.03. The maximum atomic E-state index is 11.4. The molecule has 0 aliphatic carbocycles. The van der Waals surface area contributed by atoms with E-state index in [2.05, 4.69) is 0 Å². The molecule has 1 N–H and O–H groups in total. The number of nitrogens with zero attached hydrogens (tertiary/aromatic N) is 2. The van der Waals surface area contributed by atoms with Gasteiger partial charge < -0.3 is 14.9 Å². The summed E-state index contributed by atoms with van der Waals surface area (Å²) in [6, 6.07) is 5.64. The van der Waals surface area contributed by atoms with E-state index in [-0.39, 0.29) is 5.69 Å². The molecule has 0 radical (unpaired) electrons. The highest BCUT2D eigenvalue weighted by molar-refractivity contribution is 5.67. The van der Waals surface area contributed by atoms with Crippen molar-refractivity contribution >= 4 is 11.8 Å². The van der Waals surface area contributed by atoms with Crippen LogP contribution in [0.25, 0.3) is 0 Å². The van der Waals surface area contributed by atoms with Crippen molar-refractivity contribution in [3.05, 3.63) is 29.8 Å². The number of benzene rings is 1. The molecule has 1 aliphatic rings. The van der Waals surface area contributed by atoms with Gasteiger partial charge in [-0.3, -0.25) is 0 Å². The Bertz CT molecular complexity index is 573. The van der Waals surface area contributed by atoms with Gasteiger partial charge in [-0.1, -0.05) is 18.2 Å². The fraction of sp³-hybridized carbons (Fsp3) is 0.462. The molecule has 0 saturated carbocycles. The average Bonchev–Trinajstić information content (AvgIpc) is 2.85. The summed E-state index contributed by atoms with van der Waals surface area (Å²) in [5.41, 5.74) is 0.422. The Kier molecular flexibility index (Phi) is 1.72. The predicted octanol–water partition coefficient (Wildman–Crippen LogP) is 2.57. The molecule has 0 spiro atoms. The Balaban J connectivity index is 2.54. The van der Waals surface area contributed by atoms with Crippen LogP contribution in [0.15, 0.2) is 24.3 Å². The van der Waals surface area contributed by atoms with Crippen molar-refractivity contribution in [2.45, 2.75) is 18.9 Å². The second kappa shape index (κ2) is 4.65. The molecule has 2 rings (SSSR count). The van der Waals surface area contributed by atoms with Crippen LogP contribution in [0.4, 0.5) is 10.5 Å². The first kappa shape index (κ1) is 6.28. The molecule has 1 fully saturated rings. The first-order valence-corrected chi connectivity index (χ1v) is 5.42. The molecule has 0 aromatic heterocycles. The van der Waals surface area contributed by atoms with Crippen LogP contribution in [-0.2, 0) is 0 Å². The summed E-state index contributed by atoms with van der Waals surface area (Å²) in [6.45, 7) is -5.39. The van der Waals surface area contributed by atoms with Gasteiger partial charge in [0.25, 0.3) is 0 Å². The number of para-hydroxylation sites is 1. The van der Waals surface area contributed by atoms with Crippen molar-refractivity contribution in [2.24, 2.45) is 0 Å². The highest BCUT2D eigenvalue weighted by Gasteiger charge is 2.31. The molecule has 4 heteroatoms. The zero-order valence-electron chi connectivity index (χ0n) is 15.3. The number of carboxylic acid groups (broad SMARTS) is 1. The Morgan fingerprint density at radius 3 is 3.00 bits per heavy atom. The van der Waals surface area contributed by atoms with Crippen LogP contribution in [0.3, 0.4) is 0 Å². The van der Waals surface area contributed by atoms with Crippen LogP contribution < -0.4 is 4.90 Å². The monoisotopic (exact) mass is 240 g/mol. The third-order valence-electron chi connectivity index (χ3n) is 3.04. The molecule has 92 valence electrons. The van der Waals surface area contributed by atoms with Gasteiger partial charge in [0.05, 0.1) is 6.04 Å². The third kappa shape index (κ3) is 2.20. The van der Waals surface area contributed by atoms with Crippen molar-refractivity contribution in [1.82, 2.24) is 4.90 Å². The van der Waals surface area contributed by atoms with Crippen molar-refractivity contribution in [2.75, 3.05) is 25.4 Å². The Morgan fingerprint density at radius 2 is 2.29 bits per heavy atom. The second-order valence-corrected chi connectivity index (χ2v) is 4.03. The van der Waals surface area contributed by atoms with Crippen LogP contribution in [0.5, 0.6) is 0 Å². The largest absolute Gasteiger partial charge is 0.465 e. The highest BCUT2D eigenvalue weighted by Crippen LogP contribution is 2.36. The standard InChI is InChI=1S/C13H18N2O2/c1-14(2)11-7-4-3-6-10(11)12-8-5-9-15(12)13(16)17/h3-4,6-7,12H,5,8-9H2,1-2H3,(H,16,17)/t12-/m0/s1/i1D3,2D3. The normalized spacial score (nSPS) is 26.1. The van der Waals surface area contributed by atoms with Gasteiger partial charge in [-0.15, -0.1) is 0 Å². The maximum absolute atomic E-state index is 11.4. The number of hydrogen-bond acceptors (Lipinski definition) is 2. The SMILES string of the molecule is [2H]C([2H])([2H])N(c1ccccc1[C@@H]1CCCN1C(=O)O)C([2H])([2H])[2H]. The number of likely N-dealkylation sites (tertiary alicyclic amines) is 1. The first-order valence-electron chi connectivity index (χ1n) is 8.42. The predicted molar refractivity (Wildman–Crippen MR) is 67.5 cm³/mol. The van der Waals surface area contributed by atoms with Crippen molar-refractivity contribution < 1.29 is 18.1 Å². The molecule has 1 amide bonds. The van der Waals surface area contributed by atoms with Crippen LogP contribution in [0, 0.1) is 0 Å². The number of anilines is 1. The molecule has 0 unspecified atom stereocenters. The number of rotatable bonds is 2. The lowest BCUT2D eigenvalue weighted by molar-refractivity contribution is 0.140. The number of carbonyl (C=O) groups is 1. The molecule has 4 nitrogen and oxygen atoms in total. The van der Waals surface area contributed by atoms with E-state index in [1.807, 2.05) is 0 Å². The smallest absolute Gasteiger partial charge is 0.407 e. The lowest BCUT2D eigenvalue weighted by Gasteiger charge is -2.26. The van der Waals surface area contributed by atoms with Crippen LogP contribution in [0.1, 0.15) is 32.7 Å². The van der Waals surface area contributed by atoms with Gasteiger partial charge in [-0.05, 0) is 24.5 Å². The summed E-state index contributed by atoms with van der Waals surface area (Å²) < 4.78 is 45.3. The average molecular weight is 240 g/mol. The van der Waals surface area contributed by atoms with E-state index >= 15 is 0 Å². The third-order valence-corrected chi connectivity index (χ3v) is 3.04. The Labute approximate surface area is 110 Å². The van der Waals surface area contributed by atoms with E-state index in [0.29, 0.717) is 29.8 Å². The molecular weight excluding hydrogens is 216 g/mol. The summed E-state index contributed by atoms with van der Waals surface area (Å²) in [4.78, 5) is 13.0. The fourth-order valence-electron chi connectivity index (χ4n) is 2.29. The molecule has 17 heavy (non-hydrogen) atoms. The summed E-state index contributed by atoms with van der Waals surface area (Å²) in [6.07, 6.45) is 0.0723. The van der Waals surface area contributed by atoms with Crippen molar-refractivity contribution in [3.8, 4) is 0 Å². The molecule has 1 heterocycles. The van der Waals surface area contributed by atoms with Gasteiger partial charge >= 0.3 is 6.09 Å². The van der Waals surface area contributed by atoms with E-state index < -0.39 is 26.1 Å². The molecular formula is C13H18N2O2. The number of amides is 1. The van der Waals surface area contributed by atoms with E-state index in [4.69, 9.17) is 8.22 Å². The van der Waals surface area contributed by atoms with Crippen LogP contribution in [-0.4, -0.2) is 36.6 Å². The quantitative estimate of drug-likeness (QED) is 0.864. The summed E-state index contributed by atoms with van der Waals surface area (Å²) in [5.74, 6) is 0. The molecule has 1 aromatic rings. The van der Waals surface area contributed by atoms with E-state index in [1.165, 1.54) is 11.0 Å². The van der Waals surface area contributed by atoms with Gasteiger partial charge in [0.2, 0.25) is 0 Å². The van der Waals surface area contributed by atoms with Gasteiger partial charge in [0.15, 0.2) is 0 Å². The lowest BCUT2D eigenvalue weighted by atomic mass is 10.0. The number of hydrogen-bond donors (Lipinski definition) is 1. The maximum Gasteiger partial charge on any atom is 0.407 e. The molecule has 1 aliphatic heterocycles. The minimum atomic E-state index is -2.87. The van der Waals surface area contributed by atoms with E-state index in [9.17, 15) is 9.90 Å². The van der Waals surface area contributed by atoms with E-state index in [0.717, 1.165) is 0 Å². The Hall–Kier alpha value is -1.71. The molecule has 0 bridgehead atoms. The minimum Gasteiger partial charge on any atom is -0.465 e. The summed E-state index contributed by atoms with van der Waals surface area (Å²) >= 11 is 0. The summed E-state index contributed by atoms with van der Waals surface area (Å²) in [5, 5.41) is 9.28. The van der Waals surface area contributed by atoms with Crippen molar-refractivity contribution in [3.63, 3.8) is 0 Å². The molecule has 1 atom stereocenters. The van der Waals surface area contributed by atoms with Gasteiger partial charge in [-0.25, -0.2) is 4.79 Å². The van der Waals surface area contributed by atoms with Crippen molar-refractivity contribution in [1.29, 1.82) is 0 Å². The fourth-order valence-corrected chi connectivity index (χ4v) is 2.29. The molecule has 1 aromatic carbocycles.